The molecule has 0 aromatic heterocycles. The zero-order valence-corrected chi connectivity index (χ0v) is 13.0. The van der Waals surface area contributed by atoms with Crippen molar-refractivity contribution in [2.75, 3.05) is 17.7 Å². The van der Waals surface area contributed by atoms with E-state index in [2.05, 4.69) is 10.6 Å². The summed E-state index contributed by atoms with van der Waals surface area (Å²) in [5, 5.41) is 24.1. The highest BCUT2D eigenvalue weighted by atomic mass is 16.6. The summed E-state index contributed by atoms with van der Waals surface area (Å²) in [4.78, 5) is 34.1. The third-order valence-corrected chi connectivity index (χ3v) is 3.12. The quantitative estimate of drug-likeness (QED) is 0.497. The summed E-state index contributed by atoms with van der Waals surface area (Å²) < 4.78 is 5.00. The first-order chi connectivity index (χ1) is 11.9. The molecular weight excluding hydrogens is 328 g/mol. The zero-order chi connectivity index (χ0) is 18.4. The molecule has 0 saturated carbocycles. The minimum Gasteiger partial charge on any atom is -0.495 e. The number of carbonyl (C=O) groups excluding carboxylic acids is 2. The minimum atomic E-state index is -1.02. The van der Waals surface area contributed by atoms with Gasteiger partial charge in [0.15, 0.2) is 0 Å². The second-order valence-electron chi connectivity index (χ2n) is 4.74. The molecule has 0 fully saturated rings. The topological polar surface area (TPSA) is 134 Å². The lowest BCUT2D eigenvalue weighted by Gasteiger charge is -2.10. The molecule has 9 heteroatoms. The second kappa shape index (κ2) is 7.56. The van der Waals surface area contributed by atoms with Crippen molar-refractivity contribution in [3.8, 4) is 11.8 Å². The largest absolute Gasteiger partial charge is 0.495 e. The van der Waals surface area contributed by atoms with E-state index in [0.717, 1.165) is 6.07 Å². The number of carbonyl (C=O) groups is 2. The lowest BCUT2D eigenvalue weighted by molar-refractivity contribution is -0.384. The molecule has 126 valence electrons. The van der Waals surface area contributed by atoms with Gasteiger partial charge in [0.2, 0.25) is 0 Å². The molecule has 0 aliphatic rings. The Hall–Kier alpha value is -3.93. The van der Waals surface area contributed by atoms with Gasteiger partial charge < -0.3 is 15.4 Å². The van der Waals surface area contributed by atoms with E-state index in [9.17, 15) is 19.7 Å². The number of rotatable bonds is 4. The van der Waals surface area contributed by atoms with Gasteiger partial charge in [-0.2, -0.15) is 5.26 Å². The van der Waals surface area contributed by atoms with E-state index in [1.807, 2.05) is 6.07 Å². The van der Waals surface area contributed by atoms with Crippen molar-refractivity contribution >= 4 is 28.9 Å². The highest BCUT2D eigenvalue weighted by Crippen LogP contribution is 2.28. The average Bonchev–Trinajstić information content (AvgIpc) is 2.62. The molecule has 0 unspecified atom stereocenters. The molecule has 2 rings (SSSR count). The summed E-state index contributed by atoms with van der Waals surface area (Å²) in [7, 11) is 1.33. The van der Waals surface area contributed by atoms with Crippen LogP contribution in [0.25, 0.3) is 0 Å². The molecular formula is C16H12N4O5. The van der Waals surface area contributed by atoms with Gasteiger partial charge in [0.05, 0.1) is 29.4 Å². The highest BCUT2D eigenvalue weighted by Gasteiger charge is 2.18. The van der Waals surface area contributed by atoms with Crippen LogP contribution in [0.3, 0.4) is 0 Å². The minimum absolute atomic E-state index is 0.00308. The first kappa shape index (κ1) is 17.4. The third kappa shape index (κ3) is 4.29. The van der Waals surface area contributed by atoms with Crippen LogP contribution in [-0.2, 0) is 9.59 Å². The van der Waals surface area contributed by atoms with Gasteiger partial charge in [0, 0.05) is 17.8 Å². The van der Waals surface area contributed by atoms with Crippen LogP contribution in [-0.4, -0.2) is 23.8 Å². The van der Waals surface area contributed by atoms with Gasteiger partial charge in [0.1, 0.15) is 5.75 Å². The molecule has 0 spiro atoms. The molecule has 9 nitrogen and oxygen atoms in total. The van der Waals surface area contributed by atoms with Gasteiger partial charge in [-0.1, -0.05) is 0 Å². The van der Waals surface area contributed by atoms with Crippen molar-refractivity contribution in [2.24, 2.45) is 0 Å². The van der Waals surface area contributed by atoms with Gasteiger partial charge in [-0.15, -0.1) is 0 Å². The number of nitrogens with zero attached hydrogens (tertiary/aromatic N) is 2. The summed E-state index contributed by atoms with van der Waals surface area (Å²) in [5.74, 6) is -1.83. The number of hydrogen-bond acceptors (Lipinski definition) is 6. The lowest BCUT2D eigenvalue weighted by atomic mass is 10.2. The molecule has 2 aromatic rings. The molecule has 2 N–H and O–H groups in total. The fourth-order valence-corrected chi connectivity index (χ4v) is 1.90. The molecule has 0 radical (unpaired) electrons. The molecule has 25 heavy (non-hydrogen) atoms. The number of benzene rings is 2. The fraction of sp³-hybridized carbons (Fsp3) is 0.0625. The van der Waals surface area contributed by atoms with Crippen molar-refractivity contribution < 1.29 is 19.2 Å². The zero-order valence-electron chi connectivity index (χ0n) is 13.0. The SMILES string of the molecule is COc1ccc([N+](=O)[O-])cc1NC(=O)C(=O)Nc1ccc(C#N)cc1. The molecule has 0 aliphatic carbocycles. The Kier molecular flexibility index (Phi) is 5.27. The van der Waals surface area contributed by atoms with E-state index in [1.54, 1.807) is 0 Å². The predicted molar refractivity (Wildman–Crippen MR) is 88.1 cm³/mol. The normalized spacial score (nSPS) is 9.60. The van der Waals surface area contributed by atoms with Crippen LogP contribution in [0.5, 0.6) is 5.75 Å². The van der Waals surface area contributed by atoms with Crippen LogP contribution in [0.1, 0.15) is 5.56 Å². The Morgan fingerprint density at radius 3 is 2.32 bits per heavy atom. The van der Waals surface area contributed by atoms with Crippen LogP contribution < -0.4 is 15.4 Å². The third-order valence-electron chi connectivity index (χ3n) is 3.12. The van der Waals surface area contributed by atoms with Gasteiger partial charge in [0.25, 0.3) is 5.69 Å². The Morgan fingerprint density at radius 2 is 1.76 bits per heavy atom. The van der Waals surface area contributed by atoms with Crippen LogP contribution in [0.2, 0.25) is 0 Å². The van der Waals surface area contributed by atoms with Crippen molar-refractivity contribution in [3.63, 3.8) is 0 Å². The van der Waals surface area contributed by atoms with E-state index < -0.39 is 16.7 Å². The first-order valence-electron chi connectivity index (χ1n) is 6.89. The van der Waals surface area contributed by atoms with Gasteiger partial charge >= 0.3 is 11.8 Å². The Morgan fingerprint density at radius 1 is 1.12 bits per heavy atom. The number of nitrogens with one attached hydrogen (secondary N) is 2. The van der Waals surface area contributed by atoms with Gasteiger partial charge in [-0.25, -0.2) is 0 Å². The molecule has 0 atom stereocenters. The maximum Gasteiger partial charge on any atom is 0.314 e. The monoisotopic (exact) mass is 340 g/mol. The van der Waals surface area contributed by atoms with Gasteiger partial charge in [-0.3, -0.25) is 19.7 Å². The number of methoxy groups -OCH3 is 1. The first-order valence-corrected chi connectivity index (χ1v) is 6.89. The Balaban J connectivity index is 2.12. The summed E-state index contributed by atoms with van der Waals surface area (Å²) in [6, 6.07) is 11.4. The Labute approximate surface area is 142 Å². The van der Waals surface area contributed by atoms with E-state index in [-0.39, 0.29) is 17.1 Å². The van der Waals surface area contributed by atoms with Crippen LogP contribution in [0.4, 0.5) is 17.1 Å². The number of non-ortho nitro benzene ring substituents is 1. The number of nitro benzene ring substituents is 1. The summed E-state index contributed by atoms with van der Waals surface area (Å²) >= 11 is 0. The van der Waals surface area contributed by atoms with Crippen molar-refractivity contribution in [2.45, 2.75) is 0 Å². The van der Waals surface area contributed by atoms with Crippen LogP contribution >= 0.6 is 0 Å². The van der Waals surface area contributed by atoms with Crippen LogP contribution in [0, 0.1) is 21.4 Å². The van der Waals surface area contributed by atoms with Crippen molar-refractivity contribution in [3.05, 3.63) is 58.1 Å². The summed E-state index contributed by atoms with van der Waals surface area (Å²) in [5.41, 5.74) is 0.467. The molecule has 0 saturated heterocycles. The predicted octanol–water partition coefficient (Wildman–Crippen LogP) is 2.05. The number of ether oxygens (including phenoxy) is 1. The summed E-state index contributed by atoms with van der Waals surface area (Å²) in [6.45, 7) is 0. The standard InChI is InChI=1S/C16H12N4O5/c1-25-14-7-6-12(20(23)24)8-13(14)19-16(22)15(21)18-11-4-2-10(9-17)3-5-11/h2-8H,1H3,(H,18,21)(H,19,22). The lowest BCUT2D eigenvalue weighted by Crippen LogP contribution is -2.29. The second-order valence-corrected chi connectivity index (χ2v) is 4.74. The van der Waals surface area contributed by atoms with Crippen LogP contribution in [0.15, 0.2) is 42.5 Å². The Bertz CT molecular complexity index is 871. The average molecular weight is 340 g/mol. The van der Waals surface area contributed by atoms with E-state index in [0.29, 0.717) is 11.3 Å². The molecule has 0 aliphatic heterocycles. The van der Waals surface area contributed by atoms with Crippen molar-refractivity contribution in [1.82, 2.24) is 0 Å². The van der Waals surface area contributed by atoms with Crippen molar-refractivity contribution in [1.29, 1.82) is 5.26 Å². The fourth-order valence-electron chi connectivity index (χ4n) is 1.90. The maximum atomic E-state index is 12.0. The summed E-state index contributed by atoms with van der Waals surface area (Å²) in [6.07, 6.45) is 0. The molecule has 2 aromatic carbocycles. The molecule has 2 amide bonds. The van der Waals surface area contributed by atoms with E-state index in [1.165, 1.54) is 43.5 Å². The van der Waals surface area contributed by atoms with Gasteiger partial charge in [-0.05, 0) is 30.3 Å². The number of nitriles is 1. The number of nitro groups is 1. The molecule has 0 bridgehead atoms. The number of anilines is 2. The molecule has 0 heterocycles. The van der Waals surface area contributed by atoms with E-state index >= 15 is 0 Å². The highest BCUT2D eigenvalue weighted by molar-refractivity contribution is 6.43. The smallest absolute Gasteiger partial charge is 0.314 e. The van der Waals surface area contributed by atoms with E-state index in [4.69, 9.17) is 10.00 Å². The number of hydrogen-bond donors (Lipinski definition) is 2. The maximum absolute atomic E-state index is 12.0. The number of amides is 2.